The van der Waals surface area contributed by atoms with Crippen molar-refractivity contribution in [1.29, 1.82) is 0 Å². The van der Waals surface area contributed by atoms with Crippen molar-refractivity contribution in [2.24, 2.45) is 0 Å². The summed E-state index contributed by atoms with van der Waals surface area (Å²) in [4.78, 5) is 8.25. The Kier molecular flexibility index (Phi) is 1020. The van der Waals surface area contributed by atoms with Gasteiger partial charge in [0.15, 0.2) is 0 Å². The first-order valence-corrected chi connectivity index (χ1v) is 0.548. The fraction of sp³-hybridized carbons (Fsp3) is 0. The molecule has 12 heteroatoms. The van der Waals surface area contributed by atoms with E-state index >= 15 is 0 Å². The van der Waals surface area contributed by atoms with Crippen molar-refractivity contribution in [1.82, 2.24) is 0 Å². The van der Waals surface area contributed by atoms with E-state index in [1.807, 2.05) is 0 Å². The molecule has 0 rings (SSSR count). The molecule has 0 amide bonds. The maximum Gasteiger partial charge on any atom is 2.00 e. The molecule has 12 heavy (non-hydrogen) atoms. The third kappa shape index (κ3) is 1920. The van der Waals surface area contributed by atoms with Gasteiger partial charge < -0.3 is 51.0 Å². The first-order chi connectivity index (χ1) is 1.73. The molecule has 0 spiro atoms. The molecule has 0 fully saturated rings. The molecule has 0 atom stereocenters. The van der Waals surface area contributed by atoms with Crippen LogP contribution in [0.3, 0.4) is 0 Å². The van der Waals surface area contributed by atoms with Gasteiger partial charge in [-0.05, 0) is 0 Å². The molecule has 0 aliphatic carbocycles. The minimum atomic E-state index is -1.75. The zero-order valence-electron chi connectivity index (χ0n) is 8.38. The predicted molar refractivity (Wildman–Crippen MR) is 40.0 cm³/mol. The molecule has 0 radical (unpaired) electrons. The van der Waals surface area contributed by atoms with Crippen LogP contribution in [0.4, 0.5) is 0 Å². The molecule has 0 aromatic carbocycles. The van der Waals surface area contributed by atoms with Crippen molar-refractivity contribution in [3.05, 3.63) is 15.3 Å². The van der Waals surface area contributed by atoms with Gasteiger partial charge in [-0.15, -0.1) is 0 Å². The van der Waals surface area contributed by atoms with Crippen molar-refractivity contribution in [3.8, 4) is 0 Å². The smallest absolute Gasteiger partial charge is 1.00 e. The van der Waals surface area contributed by atoms with Crippen LogP contribution in [-0.4, -0.2) is 61.0 Å². The van der Waals surface area contributed by atoms with Crippen molar-refractivity contribution in [2.45, 2.75) is 0 Å². The Morgan fingerprint density at radius 3 is 0.833 bits per heavy atom. The van der Waals surface area contributed by atoms with Gasteiger partial charge in [0.1, 0.15) is 0 Å². The van der Waals surface area contributed by atoms with Gasteiger partial charge in [0.05, 0.1) is 5.09 Å². The molecule has 10 nitrogen and oxygen atoms in total. The summed E-state index contributed by atoms with van der Waals surface area (Å²) >= 11 is 0. The number of nitrogens with zero attached hydrogens (tertiary/aromatic N) is 1. The molecule has 0 aromatic rings. The topological polar surface area (TPSA) is 255 Å². The zero-order chi connectivity index (χ0) is 3.58. The van der Waals surface area contributed by atoms with Crippen LogP contribution in [0, 0.1) is 15.3 Å². The van der Waals surface area contributed by atoms with E-state index in [1.54, 1.807) is 0 Å². The van der Waals surface area contributed by atoms with E-state index in [2.05, 4.69) is 0 Å². The summed E-state index contributed by atoms with van der Waals surface area (Å²) in [7, 11) is 0. The van der Waals surface area contributed by atoms with Gasteiger partial charge in [-0.3, -0.25) is 0 Å². The van der Waals surface area contributed by atoms with Crippen LogP contribution in [0.2, 0.25) is 0 Å². The number of hydrogen-bond donors (Lipinski definition) is 0. The second-order valence-corrected chi connectivity index (χ2v) is 0.224. The Balaban J connectivity index is -0.000000001000. The Bertz CT molecular complexity index is 45.8. The molecule has 12 N–H and O–H groups in total. The molecule has 0 saturated heterocycles. The van der Waals surface area contributed by atoms with Crippen molar-refractivity contribution >= 4 is 23.1 Å². The van der Waals surface area contributed by atoms with Gasteiger partial charge in [0.2, 0.25) is 0 Å². The van der Waals surface area contributed by atoms with Crippen molar-refractivity contribution in [2.75, 3.05) is 0 Å². The van der Waals surface area contributed by atoms with Crippen molar-refractivity contribution < 1.29 is 70.4 Å². The van der Waals surface area contributed by atoms with E-state index in [9.17, 15) is 0 Å². The van der Waals surface area contributed by atoms with E-state index in [0.717, 1.165) is 0 Å². The SMILES string of the molecule is O.O.O.O.O.O.O=[N+]([O-])[O-].[H-].[H-].[Mg+2].[Na+]. The van der Waals surface area contributed by atoms with E-state index in [0.29, 0.717) is 0 Å². The third-order valence-electron chi connectivity index (χ3n) is 0. The normalized spacial score (nSPS) is 2.00. The monoisotopic (exact) mass is 219 g/mol. The van der Waals surface area contributed by atoms with Crippen LogP contribution in [0.25, 0.3) is 0 Å². The number of rotatable bonds is 0. The van der Waals surface area contributed by atoms with E-state index < -0.39 is 5.09 Å². The summed E-state index contributed by atoms with van der Waals surface area (Å²) in [5.74, 6) is 0. The maximum atomic E-state index is 8.25. The van der Waals surface area contributed by atoms with Crippen molar-refractivity contribution in [3.63, 3.8) is 0 Å². The van der Waals surface area contributed by atoms with Crippen LogP contribution in [0.15, 0.2) is 0 Å². The predicted octanol–water partition coefficient (Wildman–Crippen LogP) is -8.34. The summed E-state index contributed by atoms with van der Waals surface area (Å²) in [6.45, 7) is 0. The molecular formula is H14MgNNaO9. The average Bonchev–Trinajstić information content (AvgIpc) is 0.811. The molecule has 0 aliphatic rings. The largest absolute Gasteiger partial charge is 2.00 e. The number of hydrogen-bond acceptors (Lipinski definition) is 3. The van der Waals surface area contributed by atoms with E-state index in [-0.39, 0.29) is 88.3 Å². The Hall–Kier alpha value is 0.726. The molecular weight excluding hydrogens is 205 g/mol. The van der Waals surface area contributed by atoms with Gasteiger partial charge in [-0.25, -0.2) is 0 Å². The standard InChI is InChI=1S/Mg.NO3.Na.6H2O.2H/c;2-1(3)4;;;;;;;;;/h;;;6*1H2;;/q+2;-1;+1;;;;;;;2*-1. The Morgan fingerprint density at radius 1 is 0.833 bits per heavy atom. The minimum Gasteiger partial charge on any atom is -1.00 e. The first kappa shape index (κ1) is 126. The summed E-state index contributed by atoms with van der Waals surface area (Å²) in [6.07, 6.45) is 0. The third-order valence-corrected chi connectivity index (χ3v) is 0. The van der Waals surface area contributed by atoms with Gasteiger partial charge in [0, 0.05) is 0 Å². The van der Waals surface area contributed by atoms with E-state index in [1.165, 1.54) is 0 Å². The fourth-order valence-electron chi connectivity index (χ4n) is 0. The molecule has 0 aromatic heterocycles. The zero-order valence-corrected chi connectivity index (χ0v) is 9.79. The summed E-state index contributed by atoms with van der Waals surface area (Å²) in [5.41, 5.74) is 0. The second-order valence-electron chi connectivity index (χ2n) is 0.224. The van der Waals surface area contributed by atoms with Crippen LogP contribution in [0.5, 0.6) is 0 Å². The Labute approximate surface area is 108 Å². The van der Waals surface area contributed by atoms with Gasteiger partial charge in [-0.2, -0.15) is 0 Å². The summed E-state index contributed by atoms with van der Waals surface area (Å²) < 4.78 is 0. The molecule has 0 unspecified atom stereocenters. The van der Waals surface area contributed by atoms with Crippen LogP contribution >= 0.6 is 0 Å². The van der Waals surface area contributed by atoms with E-state index in [4.69, 9.17) is 15.3 Å². The van der Waals surface area contributed by atoms with Crippen LogP contribution in [-0.2, 0) is 0 Å². The molecule has 0 heterocycles. The van der Waals surface area contributed by atoms with Crippen LogP contribution < -0.4 is 29.6 Å². The fourth-order valence-corrected chi connectivity index (χ4v) is 0. The molecule has 0 aliphatic heterocycles. The van der Waals surface area contributed by atoms with Gasteiger partial charge >= 0.3 is 52.6 Å². The summed E-state index contributed by atoms with van der Waals surface area (Å²) in [5, 5.41) is 14.8. The maximum absolute atomic E-state index is 8.25. The average molecular weight is 219 g/mol. The van der Waals surface area contributed by atoms with Gasteiger partial charge in [-0.1, -0.05) is 0 Å². The second kappa shape index (κ2) is 97.2. The quantitative estimate of drug-likeness (QED) is 0.218. The molecule has 0 bridgehead atoms. The first-order valence-electron chi connectivity index (χ1n) is 0.548. The summed E-state index contributed by atoms with van der Waals surface area (Å²) in [6, 6.07) is 0. The molecule has 76 valence electrons. The Morgan fingerprint density at radius 2 is 0.833 bits per heavy atom. The molecule has 0 saturated carbocycles. The van der Waals surface area contributed by atoms with Crippen LogP contribution in [0.1, 0.15) is 2.85 Å². The minimum absolute atomic E-state index is 0. The van der Waals surface area contributed by atoms with Gasteiger partial charge in [0.25, 0.3) is 0 Å².